The van der Waals surface area contributed by atoms with Crippen LogP contribution in [0.3, 0.4) is 0 Å². The first-order valence-corrected chi connectivity index (χ1v) is 7.62. The van der Waals surface area contributed by atoms with Crippen molar-refractivity contribution in [3.63, 3.8) is 0 Å². The van der Waals surface area contributed by atoms with E-state index >= 15 is 0 Å². The van der Waals surface area contributed by atoms with Gasteiger partial charge in [-0.15, -0.1) is 0 Å². The third-order valence-corrected chi connectivity index (χ3v) is 3.74. The topological polar surface area (TPSA) is 78.9 Å². The van der Waals surface area contributed by atoms with Gasteiger partial charge in [-0.05, 0) is 24.3 Å². The Kier molecular flexibility index (Phi) is 6.05. The number of halogens is 1. The minimum atomic E-state index is -0.653. The zero-order valence-corrected chi connectivity index (χ0v) is 13.6. The molecular weight excluding hydrogens is 315 g/mol. The maximum Gasteiger partial charge on any atom is 0.251 e. The highest BCUT2D eigenvalue weighted by molar-refractivity contribution is 5.94. The monoisotopic (exact) mass is 336 g/mol. The number of hydrogen-bond acceptors (Lipinski definition) is 4. The van der Waals surface area contributed by atoms with Crippen LogP contribution in [-0.4, -0.2) is 60.8 Å². The van der Waals surface area contributed by atoms with Gasteiger partial charge in [0.05, 0.1) is 25.2 Å². The van der Waals surface area contributed by atoms with E-state index in [1.807, 2.05) is 0 Å². The van der Waals surface area contributed by atoms with Crippen molar-refractivity contribution in [2.24, 2.45) is 0 Å². The van der Waals surface area contributed by atoms with Gasteiger partial charge in [-0.2, -0.15) is 0 Å². The van der Waals surface area contributed by atoms with Crippen molar-refractivity contribution in [1.82, 2.24) is 10.2 Å². The number of nitrogens with one attached hydrogen (secondary N) is 1. The summed E-state index contributed by atoms with van der Waals surface area (Å²) in [6.45, 7) is -0.300. The van der Waals surface area contributed by atoms with Gasteiger partial charge < -0.3 is 20.1 Å². The molecule has 0 aliphatic carbocycles. The van der Waals surface area contributed by atoms with Crippen LogP contribution < -0.4 is 5.32 Å². The maximum atomic E-state index is 12.9. The van der Waals surface area contributed by atoms with Gasteiger partial charge in [-0.25, -0.2) is 4.39 Å². The molecule has 0 unspecified atom stereocenters. The van der Waals surface area contributed by atoms with Gasteiger partial charge in [0.1, 0.15) is 11.9 Å². The normalized spacial score (nSPS) is 22.9. The second-order valence-corrected chi connectivity index (χ2v) is 5.78. The first kappa shape index (κ1) is 18.1. The summed E-state index contributed by atoms with van der Waals surface area (Å²) in [4.78, 5) is 25.4. The Morgan fingerprint density at radius 3 is 2.50 bits per heavy atom. The SMILES string of the molecule is CN(C)C(=O)C[C@@H]1C=C[C@H](NC(=O)c2ccc(F)cc2)[C@@H](CO)O1. The third-order valence-electron chi connectivity index (χ3n) is 3.74. The number of carbonyl (C=O) groups is 2. The lowest BCUT2D eigenvalue weighted by Gasteiger charge is -2.32. The maximum absolute atomic E-state index is 12.9. The van der Waals surface area contributed by atoms with Crippen molar-refractivity contribution < 1.29 is 23.8 Å². The first-order chi connectivity index (χ1) is 11.4. The summed E-state index contributed by atoms with van der Waals surface area (Å²) >= 11 is 0. The predicted molar refractivity (Wildman–Crippen MR) is 85.9 cm³/mol. The molecule has 130 valence electrons. The average Bonchev–Trinajstić information content (AvgIpc) is 2.56. The summed E-state index contributed by atoms with van der Waals surface area (Å²) in [5.74, 6) is -0.904. The van der Waals surface area contributed by atoms with E-state index < -0.39 is 30.0 Å². The van der Waals surface area contributed by atoms with E-state index in [2.05, 4.69) is 5.32 Å². The van der Waals surface area contributed by atoms with Gasteiger partial charge in [-0.1, -0.05) is 12.2 Å². The van der Waals surface area contributed by atoms with Gasteiger partial charge in [-0.3, -0.25) is 9.59 Å². The van der Waals surface area contributed by atoms with E-state index in [0.717, 1.165) is 0 Å². The molecule has 6 nitrogen and oxygen atoms in total. The Morgan fingerprint density at radius 1 is 1.25 bits per heavy atom. The van der Waals surface area contributed by atoms with Gasteiger partial charge in [0, 0.05) is 19.7 Å². The fourth-order valence-corrected chi connectivity index (χ4v) is 2.33. The second-order valence-electron chi connectivity index (χ2n) is 5.78. The Labute approximate surface area is 139 Å². The molecule has 1 heterocycles. The van der Waals surface area contributed by atoms with E-state index in [1.165, 1.54) is 29.2 Å². The van der Waals surface area contributed by atoms with Crippen molar-refractivity contribution in [1.29, 1.82) is 0 Å². The number of benzene rings is 1. The molecule has 1 aliphatic rings. The van der Waals surface area contributed by atoms with Crippen molar-refractivity contribution in [2.45, 2.75) is 24.7 Å². The van der Waals surface area contributed by atoms with Crippen molar-refractivity contribution in [2.75, 3.05) is 20.7 Å². The van der Waals surface area contributed by atoms with Crippen LogP contribution >= 0.6 is 0 Å². The first-order valence-electron chi connectivity index (χ1n) is 7.62. The molecule has 7 heteroatoms. The van der Waals surface area contributed by atoms with Crippen molar-refractivity contribution in [3.8, 4) is 0 Å². The smallest absolute Gasteiger partial charge is 0.251 e. The number of amides is 2. The Balaban J connectivity index is 2.01. The number of ether oxygens (including phenoxy) is 1. The van der Waals surface area contributed by atoms with Gasteiger partial charge in [0.25, 0.3) is 5.91 Å². The van der Waals surface area contributed by atoms with E-state index in [4.69, 9.17) is 4.74 Å². The van der Waals surface area contributed by atoms with Crippen LogP contribution in [0.25, 0.3) is 0 Å². The lowest BCUT2D eigenvalue weighted by atomic mass is 10.0. The summed E-state index contributed by atoms with van der Waals surface area (Å²) in [6, 6.07) is 4.64. The van der Waals surface area contributed by atoms with Crippen LogP contribution in [0.5, 0.6) is 0 Å². The average molecular weight is 336 g/mol. The highest BCUT2D eigenvalue weighted by Gasteiger charge is 2.29. The van der Waals surface area contributed by atoms with Crippen LogP contribution in [0.4, 0.5) is 4.39 Å². The highest BCUT2D eigenvalue weighted by atomic mass is 19.1. The molecule has 2 rings (SSSR count). The molecule has 0 saturated carbocycles. The molecule has 0 fully saturated rings. The standard InChI is InChI=1S/C17H21FN2O4/c1-20(2)16(22)9-13-7-8-14(15(10-21)24-13)19-17(23)11-3-5-12(18)6-4-11/h3-8,13-15,21H,9-10H2,1-2H3,(H,19,23)/t13-,14-,15+/m0/s1. The number of aliphatic hydroxyl groups excluding tert-OH is 1. The Bertz CT molecular complexity index is 616. The molecule has 1 aromatic carbocycles. The number of hydrogen-bond donors (Lipinski definition) is 2. The summed E-state index contributed by atoms with van der Waals surface area (Å²) in [5, 5.41) is 12.2. The molecule has 0 radical (unpaired) electrons. The molecular formula is C17H21FN2O4. The van der Waals surface area contributed by atoms with Crippen LogP contribution in [-0.2, 0) is 9.53 Å². The summed E-state index contributed by atoms with van der Waals surface area (Å²) in [5.41, 5.74) is 0.311. The van der Waals surface area contributed by atoms with Crippen molar-refractivity contribution >= 4 is 11.8 Å². The molecule has 1 aromatic rings. The van der Waals surface area contributed by atoms with E-state index in [9.17, 15) is 19.1 Å². The molecule has 2 N–H and O–H groups in total. The number of carbonyl (C=O) groups excluding carboxylic acids is 2. The molecule has 1 aliphatic heterocycles. The Hall–Kier alpha value is -2.25. The quantitative estimate of drug-likeness (QED) is 0.777. The molecule has 0 saturated heterocycles. The van der Waals surface area contributed by atoms with E-state index in [1.54, 1.807) is 26.2 Å². The Morgan fingerprint density at radius 2 is 1.92 bits per heavy atom. The zero-order valence-electron chi connectivity index (χ0n) is 13.6. The highest BCUT2D eigenvalue weighted by Crippen LogP contribution is 2.17. The molecule has 3 atom stereocenters. The summed E-state index contributed by atoms with van der Waals surface area (Å²) in [7, 11) is 3.31. The predicted octanol–water partition coefficient (Wildman–Crippen LogP) is 0.718. The molecule has 0 bridgehead atoms. The zero-order chi connectivity index (χ0) is 17.7. The van der Waals surface area contributed by atoms with Gasteiger partial charge >= 0.3 is 0 Å². The largest absolute Gasteiger partial charge is 0.394 e. The minimum Gasteiger partial charge on any atom is -0.394 e. The number of aliphatic hydroxyl groups is 1. The van der Waals surface area contributed by atoms with Gasteiger partial charge in [0.2, 0.25) is 5.91 Å². The number of rotatable bonds is 5. The summed E-state index contributed by atoms with van der Waals surface area (Å²) < 4.78 is 18.6. The molecule has 0 aromatic heterocycles. The van der Waals surface area contributed by atoms with Crippen LogP contribution in [0.2, 0.25) is 0 Å². The summed E-state index contributed by atoms with van der Waals surface area (Å²) in [6.07, 6.45) is 2.47. The number of nitrogens with zero attached hydrogens (tertiary/aromatic N) is 1. The lowest BCUT2D eigenvalue weighted by molar-refractivity contribution is -0.132. The third kappa shape index (κ3) is 4.62. The van der Waals surface area contributed by atoms with E-state index in [-0.39, 0.29) is 18.9 Å². The molecule has 24 heavy (non-hydrogen) atoms. The molecule has 2 amide bonds. The molecule has 0 spiro atoms. The minimum absolute atomic E-state index is 0.0878. The van der Waals surface area contributed by atoms with Crippen molar-refractivity contribution in [3.05, 3.63) is 47.8 Å². The fourth-order valence-electron chi connectivity index (χ4n) is 2.33. The van der Waals surface area contributed by atoms with Crippen LogP contribution in [0.15, 0.2) is 36.4 Å². The van der Waals surface area contributed by atoms with Gasteiger partial charge in [0.15, 0.2) is 0 Å². The second kappa shape index (κ2) is 8.03. The van der Waals surface area contributed by atoms with Crippen LogP contribution in [0, 0.1) is 5.82 Å². The van der Waals surface area contributed by atoms with E-state index in [0.29, 0.717) is 5.56 Å². The fraction of sp³-hybridized carbons (Fsp3) is 0.412. The lowest BCUT2D eigenvalue weighted by Crippen LogP contribution is -2.49. The van der Waals surface area contributed by atoms with Crippen LogP contribution in [0.1, 0.15) is 16.8 Å².